The van der Waals surface area contributed by atoms with Crippen LogP contribution in [-0.2, 0) is 16.1 Å². The van der Waals surface area contributed by atoms with Gasteiger partial charge in [0, 0.05) is 34.0 Å². The average Bonchev–Trinajstić information content (AvgIpc) is 3.16. The topological polar surface area (TPSA) is 86.9 Å². The summed E-state index contributed by atoms with van der Waals surface area (Å²) in [5.41, 5.74) is 5.00. The number of carbonyl (C=O) groups excluding carboxylic acids is 2. The molecule has 0 unspecified atom stereocenters. The van der Waals surface area contributed by atoms with Crippen molar-refractivity contribution in [1.82, 2.24) is 4.57 Å². The first-order chi connectivity index (χ1) is 16.4. The summed E-state index contributed by atoms with van der Waals surface area (Å²) in [5.74, 6) is -0.653. The second kappa shape index (κ2) is 9.88. The van der Waals surface area contributed by atoms with Gasteiger partial charge in [-0.05, 0) is 55.8 Å². The Labute approximate surface area is 198 Å². The third-order valence-corrected chi connectivity index (χ3v) is 5.41. The van der Waals surface area contributed by atoms with E-state index in [2.05, 4.69) is 10.6 Å². The Morgan fingerprint density at radius 3 is 2.41 bits per heavy atom. The van der Waals surface area contributed by atoms with Crippen LogP contribution in [0, 0.1) is 25.2 Å². The summed E-state index contributed by atoms with van der Waals surface area (Å²) in [7, 11) is 0. The lowest BCUT2D eigenvalue weighted by Gasteiger charge is -2.08. The molecule has 3 aromatic carbocycles. The number of amides is 2. The number of rotatable bonds is 6. The predicted octanol–water partition coefficient (Wildman–Crippen LogP) is 5.44. The Hall–Kier alpha value is -4.63. The number of hydrogen-bond donors (Lipinski definition) is 2. The second-order valence-electron chi connectivity index (χ2n) is 8.14. The zero-order valence-corrected chi connectivity index (χ0v) is 19.0. The maximum Gasteiger partial charge on any atom is 0.266 e. The van der Waals surface area contributed by atoms with E-state index in [0.717, 1.165) is 27.7 Å². The molecule has 0 radical (unpaired) electrons. The molecule has 6 nitrogen and oxygen atoms in total. The van der Waals surface area contributed by atoms with Crippen LogP contribution in [0.4, 0.5) is 11.4 Å². The molecule has 168 valence electrons. The minimum Gasteiger partial charge on any atom is -0.337 e. The summed E-state index contributed by atoms with van der Waals surface area (Å²) < 4.78 is 1.82. The number of fused-ring (bicyclic) bond motifs is 1. The minimum atomic E-state index is -0.486. The fourth-order valence-electron chi connectivity index (χ4n) is 3.74. The predicted molar refractivity (Wildman–Crippen MR) is 135 cm³/mol. The number of anilines is 2. The smallest absolute Gasteiger partial charge is 0.266 e. The summed E-state index contributed by atoms with van der Waals surface area (Å²) >= 11 is 0. The second-order valence-corrected chi connectivity index (χ2v) is 8.14. The molecule has 2 N–H and O–H groups in total. The van der Waals surface area contributed by atoms with Gasteiger partial charge in [0.25, 0.3) is 5.91 Å². The normalized spacial score (nSPS) is 11.1. The molecule has 0 bridgehead atoms. The Kier molecular flexibility index (Phi) is 6.56. The van der Waals surface area contributed by atoms with Gasteiger partial charge < -0.3 is 15.2 Å². The van der Waals surface area contributed by atoms with Crippen LogP contribution in [0.2, 0.25) is 0 Å². The van der Waals surface area contributed by atoms with Gasteiger partial charge in [-0.2, -0.15) is 5.26 Å². The average molecular weight is 449 g/mol. The zero-order valence-electron chi connectivity index (χ0n) is 19.0. The van der Waals surface area contributed by atoms with E-state index < -0.39 is 5.91 Å². The first-order valence-electron chi connectivity index (χ1n) is 10.9. The largest absolute Gasteiger partial charge is 0.337 e. The molecule has 0 spiro atoms. The minimum absolute atomic E-state index is 0.0207. The molecule has 34 heavy (non-hydrogen) atoms. The van der Waals surface area contributed by atoms with E-state index in [-0.39, 0.29) is 18.0 Å². The fraction of sp³-hybridized carbons (Fsp3) is 0.107. The van der Waals surface area contributed by atoms with Gasteiger partial charge in [-0.3, -0.25) is 9.59 Å². The summed E-state index contributed by atoms with van der Waals surface area (Å²) in [5, 5.41) is 16.2. The lowest BCUT2D eigenvalue weighted by molar-refractivity contribution is -0.116. The van der Waals surface area contributed by atoms with Gasteiger partial charge in [0.05, 0.1) is 0 Å². The van der Waals surface area contributed by atoms with Crippen LogP contribution < -0.4 is 10.6 Å². The van der Waals surface area contributed by atoms with Crippen LogP contribution in [0.5, 0.6) is 0 Å². The SMILES string of the molecule is Cc1ccc(NC(=O)/C(C#N)=C\c2cn(CC(=O)Nc3cccc(C)c3)c3ccccc23)cc1. The molecule has 0 aliphatic heterocycles. The molecule has 0 fully saturated rings. The molecule has 1 aromatic heterocycles. The first-order valence-corrected chi connectivity index (χ1v) is 10.9. The van der Waals surface area contributed by atoms with Crippen LogP contribution in [-0.4, -0.2) is 16.4 Å². The van der Waals surface area contributed by atoms with Crippen molar-refractivity contribution in [3.63, 3.8) is 0 Å². The van der Waals surface area contributed by atoms with Crippen molar-refractivity contribution in [2.45, 2.75) is 20.4 Å². The molecular formula is C28H24N4O2. The number of para-hydroxylation sites is 1. The first kappa shape index (κ1) is 22.6. The Morgan fingerprint density at radius 1 is 0.912 bits per heavy atom. The highest BCUT2D eigenvalue weighted by Crippen LogP contribution is 2.24. The van der Waals surface area contributed by atoms with Crippen molar-refractivity contribution < 1.29 is 9.59 Å². The standard InChI is InChI=1S/C28H24N4O2/c1-19-10-12-23(13-11-19)31-28(34)21(16-29)15-22-17-32(26-9-4-3-8-25(22)26)18-27(33)30-24-7-5-6-20(2)14-24/h3-15,17H,18H2,1-2H3,(H,30,33)(H,31,34)/b21-15-. The highest BCUT2D eigenvalue weighted by atomic mass is 16.2. The molecule has 4 rings (SSSR count). The fourth-order valence-corrected chi connectivity index (χ4v) is 3.74. The molecule has 1 heterocycles. The molecule has 2 amide bonds. The Balaban J connectivity index is 1.59. The van der Waals surface area contributed by atoms with Crippen molar-refractivity contribution >= 4 is 40.2 Å². The third-order valence-electron chi connectivity index (χ3n) is 5.41. The number of benzene rings is 3. The number of aryl methyl sites for hydroxylation is 2. The zero-order chi connectivity index (χ0) is 24.1. The van der Waals surface area contributed by atoms with E-state index in [1.54, 1.807) is 24.4 Å². The van der Waals surface area contributed by atoms with Gasteiger partial charge in [0.2, 0.25) is 5.91 Å². The highest BCUT2D eigenvalue weighted by Gasteiger charge is 2.14. The van der Waals surface area contributed by atoms with Crippen molar-refractivity contribution in [2.24, 2.45) is 0 Å². The van der Waals surface area contributed by atoms with Crippen LogP contribution in [0.1, 0.15) is 16.7 Å². The number of nitriles is 1. The molecule has 4 aromatic rings. The number of nitrogens with zero attached hydrogens (tertiary/aromatic N) is 2. The van der Waals surface area contributed by atoms with Gasteiger partial charge in [-0.1, -0.05) is 48.0 Å². The highest BCUT2D eigenvalue weighted by molar-refractivity contribution is 6.10. The third kappa shape index (κ3) is 5.22. The van der Waals surface area contributed by atoms with E-state index in [4.69, 9.17) is 0 Å². The van der Waals surface area contributed by atoms with Gasteiger partial charge in [-0.25, -0.2) is 0 Å². The van der Waals surface area contributed by atoms with E-state index in [9.17, 15) is 14.9 Å². The maximum atomic E-state index is 12.7. The lowest BCUT2D eigenvalue weighted by Crippen LogP contribution is -2.18. The molecule has 6 heteroatoms. The molecular weight excluding hydrogens is 424 g/mol. The van der Waals surface area contributed by atoms with E-state index >= 15 is 0 Å². The van der Waals surface area contributed by atoms with Crippen LogP contribution >= 0.6 is 0 Å². The van der Waals surface area contributed by atoms with Crippen molar-refractivity contribution in [1.29, 1.82) is 5.26 Å². The van der Waals surface area contributed by atoms with Gasteiger partial charge in [0.1, 0.15) is 18.2 Å². The molecule has 0 saturated carbocycles. The summed E-state index contributed by atoms with van der Waals surface area (Å²) in [4.78, 5) is 25.4. The van der Waals surface area contributed by atoms with Crippen LogP contribution in [0.15, 0.2) is 84.6 Å². The summed E-state index contributed by atoms with van der Waals surface area (Å²) in [6.45, 7) is 4.03. The maximum absolute atomic E-state index is 12.7. The van der Waals surface area contributed by atoms with E-state index in [1.165, 1.54) is 0 Å². The Morgan fingerprint density at radius 2 is 1.68 bits per heavy atom. The summed E-state index contributed by atoms with van der Waals surface area (Å²) in [6.07, 6.45) is 3.35. The monoisotopic (exact) mass is 448 g/mol. The number of carbonyl (C=O) groups is 2. The van der Waals surface area contributed by atoms with E-state index in [1.807, 2.05) is 85.1 Å². The van der Waals surface area contributed by atoms with Gasteiger partial charge in [-0.15, -0.1) is 0 Å². The lowest BCUT2D eigenvalue weighted by atomic mass is 10.1. The molecule has 0 aliphatic rings. The van der Waals surface area contributed by atoms with E-state index in [0.29, 0.717) is 11.3 Å². The van der Waals surface area contributed by atoms with Crippen molar-refractivity contribution in [3.05, 3.63) is 101 Å². The molecule has 0 saturated heterocycles. The van der Waals surface area contributed by atoms with Crippen LogP contribution in [0.3, 0.4) is 0 Å². The van der Waals surface area contributed by atoms with Gasteiger partial charge >= 0.3 is 0 Å². The number of aromatic nitrogens is 1. The molecule has 0 aliphatic carbocycles. The van der Waals surface area contributed by atoms with Crippen LogP contribution in [0.25, 0.3) is 17.0 Å². The van der Waals surface area contributed by atoms with Crippen molar-refractivity contribution in [3.8, 4) is 6.07 Å². The Bertz CT molecular complexity index is 1440. The number of hydrogen-bond acceptors (Lipinski definition) is 3. The van der Waals surface area contributed by atoms with Gasteiger partial charge in [0.15, 0.2) is 0 Å². The summed E-state index contributed by atoms with van der Waals surface area (Å²) in [6, 6.07) is 24.6. The van der Waals surface area contributed by atoms with Crippen molar-refractivity contribution in [2.75, 3.05) is 10.6 Å². The number of nitrogens with one attached hydrogen (secondary N) is 2. The quantitative estimate of drug-likeness (QED) is 0.304. The molecule has 0 atom stereocenters.